The summed E-state index contributed by atoms with van der Waals surface area (Å²) in [4.78, 5) is 10.7. The Bertz CT molecular complexity index is 401. The molecule has 0 aliphatic heterocycles. The first-order valence-electron chi connectivity index (χ1n) is 5.04. The van der Waals surface area contributed by atoms with E-state index in [1.54, 1.807) is 0 Å². The Morgan fingerprint density at radius 1 is 1.56 bits per heavy atom. The number of aromatic nitrogens is 3. The van der Waals surface area contributed by atoms with Gasteiger partial charge in [-0.25, -0.2) is 18.3 Å². The first-order chi connectivity index (χ1) is 7.59. The van der Waals surface area contributed by atoms with Crippen molar-refractivity contribution in [3.05, 3.63) is 11.4 Å². The highest BCUT2D eigenvalue weighted by Gasteiger charge is 2.28. The molecule has 2 rings (SSSR count). The molecule has 0 spiro atoms. The summed E-state index contributed by atoms with van der Waals surface area (Å²) in [5, 5.41) is 15.5. The Labute approximate surface area is 90.1 Å². The Kier molecular flexibility index (Phi) is 2.84. The van der Waals surface area contributed by atoms with Crippen LogP contribution in [0.5, 0.6) is 0 Å². The summed E-state index contributed by atoms with van der Waals surface area (Å²) in [6.45, 7) is 0.333. The summed E-state index contributed by atoms with van der Waals surface area (Å²) in [6, 6.07) is 0. The number of alkyl halides is 2. The first-order valence-corrected chi connectivity index (χ1v) is 5.04. The standard InChI is InChI=1S/C9H11F2N3O2/c10-8(11)7-6(9(15)16)12-13-14(7)4-5-2-1-3-5/h5,8H,1-4H2,(H,15,16). The van der Waals surface area contributed by atoms with E-state index in [1.165, 1.54) is 0 Å². The van der Waals surface area contributed by atoms with E-state index in [4.69, 9.17) is 5.11 Å². The summed E-state index contributed by atoms with van der Waals surface area (Å²) in [6.07, 6.45) is 0.187. The monoisotopic (exact) mass is 231 g/mol. The predicted molar refractivity (Wildman–Crippen MR) is 49.3 cm³/mol. The van der Waals surface area contributed by atoms with Gasteiger partial charge in [0.25, 0.3) is 6.43 Å². The molecule has 0 aromatic carbocycles. The molecule has 1 saturated carbocycles. The summed E-state index contributed by atoms with van der Waals surface area (Å²) >= 11 is 0. The van der Waals surface area contributed by atoms with Gasteiger partial charge in [0.1, 0.15) is 5.69 Å². The van der Waals surface area contributed by atoms with Gasteiger partial charge in [0.15, 0.2) is 5.69 Å². The second kappa shape index (κ2) is 4.15. The fourth-order valence-electron chi connectivity index (χ4n) is 1.74. The number of hydrogen-bond donors (Lipinski definition) is 1. The van der Waals surface area contributed by atoms with Crippen LogP contribution in [0.4, 0.5) is 8.78 Å². The largest absolute Gasteiger partial charge is 0.476 e. The molecule has 1 fully saturated rings. The Morgan fingerprint density at radius 3 is 2.69 bits per heavy atom. The third kappa shape index (κ3) is 1.89. The van der Waals surface area contributed by atoms with E-state index < -0.39 is 23.8 Å². The molecule has 1 aliphatic carbocycles. The molecule has 16 heavy (non-hydrogen) atoms. The normalized spacial score (nSPS) is 16.4. The van der Waals surface area contributed by atoms with Crippen molar-refractivity contribution in [2.24, 2.45) is 5.92 Å². The van der Waals surface area contributed by atoms with Gasteiger partial charge in [-0.05, 0) is 18.8 Å². The zero-order chi connectivity index (χ0) is 11.7. The third-order valence-electron chi connectivity index (χ3n) is 2.84. The minimum atomic E-state index is -2.86. The number of carboxylic acids is 1. The van der Waals surface area contributed by atoms with E-state index in [9.17, 15) is 13.6 Å². The summed E-state index contributed by atoms with van der Waals surface area (Å²) < 4.78 is 26.4. The second-order valence-electron chi connectivity index (χ2n) is 3.91. The van der Waals surface area contributed by atoms with Crippen molar-refractivity contribution in [1.29, 1.82) is 0 Å². The average Bonchev–Trinajstić information content (AvgIpc) is 2.54. The maximum Gasteiger partial charge on any atom is 0.358 e. The van der Waals surface area contributed by atoms with Crippen molar-refractivity contribution in [2.75, 3.05) is 0 Å². The molecule has 0 bridgehead atoms. The lowest BCUT2D eigenvalue weighted by atomic mass is 9.85. The van der Waals surface area contributed by atoms with Crippen LogP contribution in [-0.2, 0) is 6.54 Å². The van der Waals surface area contributed by atoms with Crippen molar-refractivity contribution < 1.29 is 18.7 Å². The smallest absolute Gasteiger partial charge is 0.358 e. The lowest BCUT2D eigenvalue weighted by molar-refractivity contribution is 0.0674. The van der Waals surface area contributed by atoms with Gasteiger partial charge in [-0.2, -0.15) is 0 Å². The number of aromatic carboxylic acids is 1. The van der Waals surface area contributed by atoms with Crippen LogP contribution in [0, 0.1) is 5.92 Å². The fourth-order valence-corrected chi connectivity index (χ4v) is 1.74. The molecule has 0 radical (unpaired) electrons. The van der Waals surface area contributed by atoms with Gasteiger partial charge in [0.05, 0.1) is 0 Å². The molecule has 88 valence electrons. The number of carboxylic acid groups (broad SMARTS) is 1. The molecule has 1 aromatic heterocycles. The molecular weight excluding hydrogens is 220 g/mol. The number of nitrogens with zero attached hydrogens (tertiary/aromatic N) is 3. The van der Waals surface area contributed by atoms with Crippen LogP contribution in [-0.4, -0.2) is 26.1 Å². The molecule has 1 heterocycles. The molecule has 7 heteroatoms. The molecule has 0 atom stereocenters. The van der Waals surface area contributed by atoms with Crippen molar-refractivity contribution in [1.82, 2.24) is 15.0 Å². The molecule has 0 amide bonds. The van der Waals surface area contributed by atoms with Gasteiger partial charge in [0.2, 0.25) is 0 Å². The Hall–Kier alpha value is -1.53. The Morgan fingerprint density at radius 2 is 2.25 bits per heavy atom. The maximum atomic E-state index is 12.7. The predicted octanol–water partition coefficient (Wildman–Crippen LogP) is 1.71. The average molecular weight is 231 g/mol. The van der Waals surface area contributed by atoms with E-state index in [1.807, 2.05) is 0 Å². The molecular formula is C9H11F2N3O2. The van der Waals surface area contributed by atoms with Crippen LogP contribution in [0.15, 0.2) is 0 Å². The van der Waals surface area contributed by atoms with E-state index in [-0.39, 0.29) is 0 Å². The van der Waals surface area contributed by atoms with Crippen molar-refractivity contribution in [3.8, 4) is 0 Å². The molecule has 1 aromatic rings. The van der Waals surface area contributed by atoms with Gasteiger partial charge in [-0.1, -0.05) is 11.6 Å². The van der Waals surface area contributed by atoms with Crippen LogP contribution in [0.25, 0.3) is 0 Å². The molecule has 1 aliphatic rings. The van der Waals surface area contributed by atoms with Gasteiger partial charge in [-0.3, -0.25) is 0 Å². The topological polar surface area (TPSA) is 68.0 Å². The van der Waals surface area contributed by atoms with Crippen LogP contribution >= 0.6 is 0 Å². The first kappa shape index (κ1) is 11.0. The maximum absolute atomic E-state index is 12.7. The highest BCUT2D eigenvalue weighted by Crippen LogP contribution is 2.30. The number of rotatable bonds is 4. The summed E-state index contributed by atoms with van der Waals surface area (Å²) in [5.74, 6) is -1.14. The van der Waals surface area contributed by atoms with Crippen LogP contribution in [0.1, 0.15) is 41.9 Å². The van der Waals surface area contributed by atoms with Crippen molar-refractivity contribution >= 4 is 5.97 Å². The summed E-state index contributed by atoms with van der Waals surface area (Å²) in [5.41, 5.74) is -1.23. The molecule has 5 nitrogen and oxygen atoms in total. The lowest BCUT2D eigenvalue weighted by Gasteiger charge is -2.25. The second-order valence-corrected chi connectivity index (χ2v) is 3.91. The van der Waals surface area contributed by atoms with Crippen molar-refractivity contribution in [3.63, 3.8) is 0 Å². The van der Waals surface area contributed by atoms with Crippen LogP contribution in [0.3, 0.4) is 0 Å². The van der Waals surface area contributed by atoms with Crippen molar-refractivity contribution in [2.45, 2.75) is 32.2 Å². The van der Waals surface area contributed by atoms with Crippen LogP contribution in [0.2, 0.25) is 0 Å². The number of hydrogen-bond acceptors (Lipinski definition) is 3. The fraction of sp³-hybridized carbons (Fsp3) is 0.667. The quantitative estimate of drug-likeness (QED) is 0.856. The zero-order valence-electron chi connectivity index (χ0n) is 8.44. The third-order valence-corrected chi connectivity index (χ3v) is 2.84. The molecule has 0 saturated heterocycles. The molecule has 0 unspecified atom stereocenters. The number of halogens is 2. The lowest BCUT2D eigenvalue weighted by Crippen LogP contribution is -2.20. The van der Waals surface area contributed by atoms with E-state index in [0.717, 1.165) is 23.9 Å². The Balaban J connectivity index is 2.25. The van der Waals surface area contributed by atoms with E-state index in [0.29, 0.717) is 12.5 Å². The van der Waals surface area contributed by atoms with Gasteiger partial charge in [0, 0.05) is 6.54 Å². The van der Waals surface area contributed by atoms with Gasteiger partial charge >= 0.3 is 5.97 Å². The highest BCUT2D eigenvalue weighted by atomic mass is 19.3. The zero-order valence-corrected chi connectivity index (χ0v) is 8.44. The van der Waals surface area contributed by atoms with Gasteiger partial charge in [-0.15, -0.1) is 5.10 Å². The summed E-state index contributed by atoms with van der Waals surface area (Å²) in [7, 11) is 0. The highest BCUT2D eigenvalue weighted by molar-refractivity contribution is 5.86. The SMILES string of the molecule is O=C(O)c1nnn(CC2CCC2)c1C(F)F. The number of carbonyl (C=O) groups is 1. The van der Waals surface area contributed by atoms with Crippen LogP contribution < -0.4 is 0 Å². The van der Waals surface area contributed by atoms with E-state index in [2.05, 4.69) is 10.3 Å². The minimum absolute atomic E-state index is 0.320. The minimum Gasteiger partial charge on any atom is -0.476 e. The molecule has 1 N–H and O–H groups in total. The van der Waals surface area contributed by atoms with Gasteiger partial charge < -0.3 is 5.11 Å². The van der Waals surface area contributed by atoms with E-state index >= 15 is 0 Å².